The highest BCUT2D eigenvalue weighted by molar-refractivity contribution is 9.10. The molecule has 0 fully saturated rings. The molecule has 0 atom stereocenters. The topological polar surface area (TPSA) is 86.5 Å². The largest absolute Gasteiger partial charge is 0.497 e. The van der Waals surface area contributed by atoms with E-state index in [4.69, 9.17) is 9.47 Å². The van der Waals surface area contributed by atoms with Gasteiger partial charge in [0.25, 0.3) is 0 Å². The standard InChI is InChI=1S/C26H21BrN6O2S/c1-34-23-12-8-22(9-13-23)33-15-21(30-32-33)16-35-24-10-2-18(3-11-24)14-28-31-26-29-25(17-36-26)19-4-6-20(27)7-5-19/h2-15,17H,16H2,1H3,(H,29,31)/b28-14+. The van der Waals surface area contributed by atoms with E-state index in [1.807, 2.05) is 84.4 Å². The van der Waals surface area contributed by atoms with Crippen molar-refractivity contribution in [3.8, 4) is 28.4 Å². The first-order chi connectivity index (χ1) is 17.7. The minimum absolute atomic E-state index is 0.315. The molecule has 0 aliphatic heterocycles. The lowest BCUT2D eigenvalue weighted by Gasteiger charge is -2.04. The third-order valence-electron chi connectivity index (χ3n) is 5.16. The summed E-state index contributed by atoms with van der Waals surface area (Å²) in [7, 11) is 1.64. The van der Waals surface area contributed by atoms with Gasteiger partial charge in [-0.25, -0.2) is 9.67 Å². The number of ether oxygens (including phenoxy) is 2. The molecule has 0 aliphatic rings. The van der Waals surface area contributed by atoms with E-state index >= 15 is 0 Å². The van der Waals surface area contributed by atoms with Gasteiger partial charge in [0.05, 0.1) is 30.9 Å². The van der Waals surface area contributed by atoms with Gasteiger partial charge < -0.3 is 9.47 Å². The molecule has 0 bridgehead atoms. The second-order valence-corrected chi connectivity index (χ2v) is 9.40. The molecule has 2 heterocycles. The maximum absolute atomic E-state index is 5.85. The van der Waals surface area contributed by atoms with E-state index in [-0.39, 0.29) is 0 Å². The van der Waals surface area contributed by atoms with E-state index in [0.717, 1.165) is 49.3 Å². The van der Waals surface area contributed by atoms with Crippen LogP contribution in [0.3, 0.4) is 0 Å². The van der Waals surface area contributed by atoms with E-state index in [2.05, 4.69) is 41.8 Å². The lowest BCUT2D eigenvalue weighted by molar-refractivity contribution is 0.301. The molecule has 5 aromatic rings. The van der Waals surface area contributed by atoms with E-state index < -0.39 is 0 Å². The molecule has 0 saturated carbocycles. The molecular weight excluding hydrogens is 540 g/mol. The fourth-order valence-corrected chi connectivity index (χ4v) is 4.21. The summed E-state index contributed by atoms with van der Waals surface area (Å²) < 4.78 is 13.8. The number of halogens is 1. The number of hydrazone groups is 1. The number of anilines is 1. The Hall–Kier alpha value is -4.02. The molecule has 0 radical (unpaired) electrons. The van der Waals surface area contributed by atoms with Gasteiger partial charge in [-0.2, -0.15) is 5.10 Å². The van der Waals surface area contributed by atoms with E-state index in [9.17, 15) is 0 Å². The SMILES string of the molecule is COc1ccc(-n2cc(COc3ccc(/C=N/Nc4nc(-c5ccc(Br)cc5)cs4)cc3)nn2)cc1. The molecule has 8 nitrogen and oxygen atoms in total. The number of hydrogen-bond acceptors (Lipinski definition) is 8. The highest BCUT2D eigenvalue weighted by Gasteiger charge is 2.06. The molecule has 36 heavy (non-hydrogen) atoms. The molecule has 2 aromatic heterocycles. The Morgan fingerprint density at radius 3 is 2.50 bits per heavy atom. The number of hydrogen-bond donors (Lipinski definition) is 1. The Balaban J connectivity index is 1.12. The van der Waals surface area contributed by atoms with E-state index in [0.29, 0.717) is 6.61 Å². The number of aromatic nitrogens is 4. The Kier molecular flexibility index (Phi) is 7.34. The minimum atomic E-state index is 0.315. The summed E-state index contributed by atoms with van der Waals surface area (Å²) in [5.41, 5.74) is 7.52. The lowest BCUT2D eigenvalue weighted by atomic mass is 10.2. The third-order valence-corrected chi connectivity index (χ3v) is 6.44. The summed E-state index contributed by atoms with van der Waals surface area (Å²) in [5, 5.41) is 15.4. The van der Waals surface area contributed by atoms with Crippen LogP contribution in [0, 0.1) is 0 Å². The van der Waals surface area contributed by atoms with Crippen molar-refractivity contribution in [2.75, 3.05) is 12.5 Å². The Morgan fingerprint density at radius 1 is 1.00 bits per heavy atom. The van der Waals surface area contributed by atoms with Crippen molar-refractivity contribution in [3.63, 3.8) is 0 Å². The number of methoxy groups -OCH3 is 1. The molecule has 0 unspecified atom stereocenters. The average molecular weight is 561 g/mol. The Bertz CT molecular complexity index is 1450. The maximum atomic E-state index is 5.85. The van der Waals surface area contributed by atoms with Crippen LogP contribution < -0.4 is 14.9 Å². The lowest BCUT2D eigenvalue weighted by Crippen LogP contribution is -1.96. The first kappa shape index (κ1) is 23.7. The van der Waals surface area contributed by atoms with E-state index in [1.54, 1.807) is 18.0 Å². The van der Waals surface area contributed by atoms with Crippen LogP contribution in [0.2, 0.25) is 0 Å². The van der Waals surface area contributed by atoms with Crippen LogP contribution in [0.4, 0.5) is 5.13 Å². The fourth-order valence-electron chi connectivity index (χ4n) is 3.27. The monoisotopic (exact) mass is 560 g/mol. The highest BCUT2D eigenvalue weighted by atomic mass is 79.9. The van der Waals surface area contributed by atoms with Crippen molar-refractivity contribution in [2.45, 2.75) is 6.61 Å². The minimum Gasteiger partial charge on any atom is -0.497 e. The molecular formula is C26H21BrN6O2S. The smallest absolute Gasteiger partial charge is 0.203 e. The Morgan fingerprint density at radius 2 is 1.75 bits per heavy atom. The van der Waals surface area contributed by atoms with Gasteiger partial charge in [0.2, 0.25) is 5.13 Å². The number of rotatable bonds is 9. The van der Waals surface area contributed by atoms with Crippen LogP contribution in [0.1, 0.15) is 11.3 Å². The summed E-state index contributed by atoms with van der Waals surface area (Å²) >= 11 is 4.96. The van der Waals surface area contributed by atoms with Crippen LogP contribution in [0.25, 0.3) is 16.9 Å². The number of nitrogens with one attached hydrogen (secondary N) is 1. The zero-order valence-electron chi connectivity index (χ0n) is 19.2. The van der Waals surface area contributed by atoms with Gasteiger partial charge in [0.1, 0.15) is 23.8 Å². The van der Waals surface area contributed by atoms with Crippen LogP contribution >= 0.6 is 27.3 Å². The van der Waals surface area contributed by atoms with Crippen molar-refractivity contribution in [2.24, 2.45) is 5.10 Å². The van der Waals surface area contributed by atoms with Crippen LogP contribution in [0.5, 0.6) is 11.5 Å². The van der Waals surface area contributed by atoms with Gasteiger partial charge in [0.15, 0.2) is 0 Å². The Labute approximate surface area is 220 Å². The zero-order valence-corrected chi connectivity index (χ0v) is 21.6. The second kappa shape index (κ2) is 11.1. The fraction of sp³-hybridized carbons (Fsp3) is 0.0769. The van der Waals surface area contributed by atoms with Crippen molar-refractivity contribution >= 4 is 38.6 Å². The molecule has 0 spiro atoms. The maximum Gasteiger partial charge on any atom is 0.203 e. The summed E-state index contributed by atoms with van der Waals surface area (Å²) in [6.45, 7) is 0.315. The first-order valence-corrected chi connectivity index (χ1v) is 12.6. The zero-order chi connectivity index (χ0) is 24.7. The number of nitrogens with zero attached hydrogens (tertiary/aromatic N) is 5. The number of benzene rings is 3. The van der Waals surface area contributed by atoms with Crippen molar-refractivity contribution in [3.05, 3.63) is 100 Å². The summed E-state index contributed by atoms with van der Waals surface area (Å²) in [4.78, 5) is 4.58. The highest BCUT2D eigenvalue weighted by Crippen LogP contribution is 2.26. The summed E-state index contributed by atoms with van der Waals surface area (Å²) in [5.74, 6) is 1.53. The third kappa shape index (κ3) is 5.96. The van der Waals surface area contributed by atoms with Gasteiger partial charge in [-0.05, 0) is 66.2 Å². The summed E-state index contributed by atoms with van der Waals surface area (Å²) in [6, 6.07) is 23.3. The molecule has 1 N–H and O–H groups in total. The van der Waals surface area contributed by atoms with Gasteiger partial charge in [-0.15, -0.1) is 16.4 Å². The molecule has 0 amide bonds. The molecule has 5 rings (SSSR count). The van der Waals surface area contributed by atoms with Gasteiger partial charge in [0, 0.05) is 15.4 Å². The van der Waals surface area contributed by atoms with Gasteiger partial charge in [-0.3, -0.25) is 5.43 Å². The predicted octanol–water partition coefficient (Wildman–Crippen LogP) is 6.19. The quantitative estimate of drug-likeness (QED) is 0.171. The van der Waals surface area contributed by atoms with Crippen LogP contribution in [0.15, 0.2) is 93.9 Å². The van der Waals surface area contributed by atoms with Crippen LogP contribution in [-0.2, 0) is 6.61 Å². The van der Waals surface area contributed by atoms with Gasteiger partial charge >= 0.3 is 0 Å². The predicted molar refractivity (Wildman–Crippen MR) is 145 cm³/mol. The molecule has 3 aromatic carbocycles. The normalized spacial score (nSPS) is 11.1. The molecule has 180 valence electrons. The first-order valence-electron chi connectivity index (χ1n) is 11.0. The molecule has 0 aliphatic carbocycles. The summed E-state index contributed by atoms with van der Waals surface area (Å²) in [6.07, 6.45) is 3.58. The van der Waals surface area contributed by atoms with Crippen LogP contribution in [-0.4, -0.2) is 33.3 Å². The molecule has 10 heteroatoms. The van der Waals surface area contributed by atoms with Crippen molar-refractivity contribution < 1.29 is 9.47 Å². The van der Waals surface area contributed by atoms with Gasteiger partial charge in [-0.1, -0.05) is 33.3 Å². The number of thiazole rings is 1. The van der Waals surface area contributed by atoms with Crippen molar-refractivity contribution in [1.82, 2.24) is 20.0 Å². The average Bonchev–Trinajstić information content (AvgIpc) is 3.59. The van der Waals surface area contributed by atoms with Crippen molar-refractivity contribution in [1.29, 1.82) is 0 Å². The van der Waals surface area contributed by atoms with E-state index in [1.165, 1.54) is 11.3 Å². The second-order valence-electron chi connectivity index (χ2n) is 7.62. The molecule has 0 saturated heterocycles.